The quantitative estimate of drug-likeness (QED) is 0.598. The highest BCUT2D eigenvalue weighted by Crippen LogP contribution is 2.18. The first-order valence-corrected chi connectivity index (χ1v) is 7.15. The second-order valence-electron chi connectivity index (χ2n) is 4.78. The Kier molecular flexibility index (Phi) is 4.61. The van der Waals surface area contributed by atoms with Gasteiger partial charge in [-0.25, -0.2) is 13.1 Å². The molecule has 1 aromatic carbocycles. The molecule has 0 saturated heterocycles. The number of nitrogens with two attached hydrogens (primary N) is 1. The lowest BCUT2D eigenvalue weighted by Gasteiger charge is -2.25. The number of hydrogen-bond acceptors (Lipinski definition) is 5. The third-order valence-electron chi connectivity index (χ3n) is 2.54. The summed E-state index contributed by atoms with van der Waals surface area (Å²) in [5.74, 6) is 0. The number of nitro benzene ring substituents is 1. The van der Waals surface area contributed by atoms with Crippen molar-refractivity contribution in [2.75, 3.05) is 6.54 Å². The first kappa shape index (κ1) is 15.5. The number of benzene rings is 1. The van der Waals surface area contributed by atoms with Crippen molar-refractivity contribution in [3.05, 3.63) is 34.4 Å². The van der Waals surface area contributed by atoms with Crippen LogP contribution in [0.15, 0.2) is 29.2 Å². The Hall–Kier alpha value is -1.51. The highest BCUT2D eigenvalue weighted by molar-refractivity contribution is 7.89. The molecule has 1 rings (SSSR count). The van der Waals surface area contributed by atoms with Gasteiger partial charge in [0.05, 0.1) is 9.82 Å². The molecule has 0 aromatic heterocycles. The molecule has 0 amide bonds. The minimum Gasteiger partial charge on any atom is -0.330 e. The molecule has 0 atom stereocenters. The average molecular weight is 287 g/mol. The van der Waals surface area contributed by atoms with Gasteiger partial charge < -0.3 is 5.73 Å². The van der Waals surface area contributed by atoms with Crippen LogP contribution in [0.1, 0.15) is 20.3 Å². The summed E-state index contributed by atoms with van der Waals surface area (Å²) in [6, 6.07) is 4.73. The third kappa shape index (κ3) is 4.27. The topological polar surface area (TPSA) is 115 Å². The van der Waals surface area contributed by atoms with E-state index in [2.05, 4.69) is 4.72 Å². The molecule has 0 aliphatic carbocycles. The number of hydrogen-bond donors (Lipinski definition) is 2. The Morgan fingerprint density at radius 1 is 1.32 bits per heavy atom. The molecule has 0 unspecified atom stereocenters. The molecule has 1 aromatic rings. The van der Waals surface area contributed by atoms with Crippen LogP contribution < -0.4 is 10.5 Å². The van der Waals surface area contributed by atoms with Crippen LogP contribution in [-0.2, 0) is 10.0 Å². The van der Waals surface area contributed by atoms with Crippen molar-refractivity contribution in [2.45, 2.75) is 30.7 Å². The molecule has 8 heteroatoms. The van der Waals surface area contributed by atoms with Gasteiger partial charge in [0, 0.05) is 17.7 Å². The van der Waals surface area contributed by atoms with E-state index >= 15 is 0 Å². The summed E-state index contributed by atoms with van der Waals surface area (Å²) in [6.45, 7) is 3.81. The van der Waals surface area contributed by atoms with E-state index in [0.717, 1.165) is 12.1 Å². The van der Waals surface area contributed by atoms with E-state index in [0.29, 0.717) is 13.0 Å². The smallest absolute Gasteiger partial charge is 0.269 e. The second-order valence-corrected chi connectivity index (χ2v) is 6.46. The van der Waals surface area contributed by atoms with Gasteiger partial charge in [-0.3, -0.25) is 10.1 Å². The van der Waals surface area contributed by atoms with Gasteiger partial charge in [0.2, 0.25) is 10.0 Å². The number of non-ortho nitro benzene ring substituents is 1. The summed E-state index contributed by atoms with van der Waals surface area (Å²) >= 11 is 0. The fraction of sp³-hybridized carbons (Fsp3) is 0.455. The molecule has 0 aliphatic rings. The van der Waals surface area contributed by atoms with Crippen LogP contribution in [0, 0.1) is 10.1 Å². The van der Waals surface area contributed by atoms with Crippen molar-refractivity contribution in [1.29, 1.82) is 0 Å². The normalized spacial score (nSPS) is 12.4. The zero-order valence-electron chi connectivity index (χ0n) is 10.8. The number of nitrogens with zero attached hydrogens (tertiary/aromatic N) is 1. The molecule has 19 heavy (non-hydrogen) atoms. The van der Waals surface area contributed by atoms with Gasteiger partial charge in [-0.1, -0.05) is 0 Å². The van der Waals surface area contributed by atoms with Crippen molar-refractivity contribution in [3.63, 3.8) is 0 Å². The molecular weight excluding hydrogens is 270 g/mol. The maximum atomic E-state index is 12.1. The van der Waals surface area contributed by atoms with Crippen LogP contribution in [0.2, 0.25) is 0 Å². The Morgan fingerprint density at radius 2 is 1.84 bits per heavy atom. The Labute approximate surface area is 112 Å². The molecule has 0 heterocycles. The van der Waals surface area contributed by atoms with Crippen LogP contribution in [-0.4, -0.2) is 25.4 Å². The maximum Gasteiger partial charge on any atom is 0.269 e. The van der Waals surface area contributed by atoms with Crippen LogP contribution in [0.4, 0.5) is 5.69 Å². The molecule has 0 spiro atoms. The van der Waals surface area contributed by atoms with E-state index in [-0.39, 0.29) is 10.6 Å². The van der Waals surface area contributed by atoms with E-state index in [9.17, 15) is 18.5 Å². The van der Waals surface area contributed by atoms with Gasteiger partial charge in [0.1, 0.15) is 0 Å². The zero-order chi connectivity index (χ0) is 14.7. The van der Waals surface area contributed by atoms with Crippen molar-refractivity contribution < 1.29 is 13.3 Å². The predicted octanol–water partition coefficient (Wildman–Crippen LogP) is 1.00. The molecule has 3 N–H and O–H groups in total. The van der Waals surface area contributed by atoms with Gasteiger partial charge in [0.25, 0.3) is 5.69 Å². The minimum absolute atomic E-state index is 0.0109. The number of rotatable bonds is 6. The Morgan fingerprint density at radius 3 is 2.26 bits per heavy atom. The van der Waals surface area contributed by atoms with E-state index in [4.69, 9.17) is 5.73 Å². The fourth-order valence-electron chi connectivity index (χ4n) is 1.58. The van der Waals surface area contributed by atoms with Crippen molar-refractivity contribution in [2.24, 2.45) is 5.73 Å². The Bertz CT molecular complexity index is 552. The highest BCUT2D eigenvalue weighted by Gasteiger charge is 2.25. The first-order chi connectivity index (χ1) is 8.68. The van der Waals surface area contributed by atoms with Crippen LogP contribution in [0.5, 0.6) is 0 Å². The zero-order valence-corrected chi connectivity index (χ0v) is 11.6. The van der Waals surface area contributed by atoms with Gasteiger partial charge >= 0.3 is 0 Å². The average Bonchev–Trinajstić information content (AvgIpc) is 2.27. The van der Waals surface area contributed by atoms with E-state index in [1.54, 1.807) is 13.8 Å². The second kappa shape index (κ2) is 5.64. The Balaban J connectivity index is 2.98. The number of sulfonamides is 1. The monoisotopic (exact) mass is 287 g/mol. The summed E-state index contributed by atoms with van der Waals surface area (Å²) in [5, 5.41) is 10.5. The van der Waals surface area contributed by atoms with Gasteiger partial charge in [0.15, 0.2) is 0 Å². The van der Waals surface area contributed by atoms with E-state index in [1.807, 2.05) is 0 Å². The molecule has 0 radical (unpaired) electrons. The maximum absolute atomic E-state index is 12.1. The minimum atomic E-state index is -3.71. The third-order valence-corrected chi connectivity index (χ3v) is 4.25. The van der Waals surface area contributed by atoms with Gasteiger partial charge in [-0.15, -0.1) is 0 Å². The molecular formula is C11H17N3O4S. The summed E-state index contributed by atoms with van der Waals surface area (Å²) in [4.78, 5) is 9.91. The molecule has 7 nitrogen and oxygen atoms in total. The molecule has 0 saturated carbocycles. The molecule has 0 fully saturated rings. The standard InChI is InChI=1S/C11H17N3O4S/c1-11(2,7-8-12)13-19(17,18)10-5-3-9(4-6-10)14(15)16/h3-6,13H,7-8,12H2,1-2H3. The molecule has 0 bridgehead atoms. The lowest BCUT2D eigenvalue weighted by Crippen LogP contribution is -2.44. The SMILES string of the molecule is CC(C)(CCN)NS(=O)(=O)c1ccc([N+](=O)[O-])cc1. The lowest BCUT2D eigenvalue weighted by atomic mass is 10.0. The van der Waals surface area contributed by atoms with Crippen molar-refractivity contribution >= 4 is 15.7 Å². The highest BCUT2D eigenvalue weighted by atomic mass is 32.2. The summed E-state index contributed by atoms with van der Waals surface area (Å²) in [7, 11) is -3.71. The fourth-order valence-corrected chi connectivity index (χ4v) is 3.02. The number of nitro groups is 1. The van der Waals surface area contributed by atoms with Crippen molar-refractivity contribution in [1.82, 2.24) is 4.72 Å². The largest absolute Gasteiger partial charge is 0.330 e. The predicted molar refractivity (Wildman–Crippen MR) is 71.2 cm³/mol. The summed E-state index contributed by atoms with van der Waals surface area (Å²) in [6.07, 6.45) is 0.485. The summed E-state index contributed by atoms with van der Waals surface area (Å²) < 4.78 is 26.7. The van der Waals surface area contributed by atoms with Crippen LogP contribution in [0.25, 0.3) is 0 Å². The van der Waals surface area contributed by atoms with Crippen molar-refractivity contribution in [3.8, 4) is 0 Å². The number of nitrogens with one attached hydrogen (secondary N) is 1. The van der Waals surface area contributed by atoms with Gasteiger partial charge in [-0.2, -0.15) is 0 Å². The lowest BCUT2D eigenvalue weighted by molar-refractivity contribution is -0.384. The van der Waals surface area contributed by atoms with Crippen LogP contribution >= 0.6 is 0 Å². The molecule has 106 valence electrons. The van der Waals surface area contributed by atoms with Crippen LogP contribution in [0.3, 0.4) is 0 Å². The van der Waals surface area contributed by atoms with E-state index in [1.165, 1.54) is 12.1 Å². The first-order valence-electron chi connectivity index (χ1n) is 5.66. The van der Waals surface area contributed by atoms with E-state index < -0.39 is 20.5 Å². The molecule has 0 aliphatic heterocycles. The summed E-state index contributed by atoms with van der Waals surface area (Å²) in [5.41, 5.74) is 4.59. The van der Waals surface area contributed by atoms with Gasteiger partial charge in [-0.05, 0) is 38.9 Å².